The number of halogens is 2. The lowest BCUT2D eigenvalue weighted by Crippen LogP contribution is -2.49. The Balaban J connectivity index is 1.21. The van der Waals surface area contributed by atoms with Crippen LogP contribution in [0.3, 0.4) is 0 Å². The van der Waals surface area contributed by atoms with Gasteiger partial charge in [0, 0.05) is 30.5 Å². The summed E-state index contributed by atoms with van der Waals surface area (Å²) < 4.78 is 33.6. The van der Waals surface area contributed by atoms with Gasteiger partial charge < -0.3 is 30.3 Å². The Morgan fingerprint density at radius 3 is 2.62 bits per heavy atom. The van der Waals surface area contributed by atoms with Crippen molar-refractivity contribution in [3.63, 3.8) is 0 Å². The van der Waals surface area contributed by atoms with E-state index in [9.17, 15) is 33.1 Å². The third-order valence-electron chi connectivity index (χ3n) is 8.18. The summed E-state index contributed by atoms with van der Waals surface area (Å²) in [6.45, 7) is 7.08. The molecule has 3 heterocycles. The molecule has 2 aliphatic heterocycles. The highest BCUT2D eigenvalue weighted by Crippen LogP contribution is 2.31. The van der Waals surface area contributed by atoms with Gasteiger partial charge in [0.2, 0.25) is 11.8 Å². The molecule has 3 atom stereocenters. The number of alkyl halides is 1. The summed E-state index contributed by atoms with van der Waals surface area (Å²) in [5.74, 6) is -2.42. The van der Waals surface area contributed by atoms with Crippen molar-refractivity contribution in [3.8, 4) is 5.75 Å². The first kappa shape index (κ1) is 34.3. The van der Waals surface area contributed by atoms with Crippen molar-refractivity contribution in [2.45, 2.75) is 64.4 Å². The summed E-state index contributed by atoms with van der Waals surface area (Å²) in [5, 5.41) is 16.4. The van der Waals surface area contributed by atoms with Crippen LogP contribution in [0.25, 0.3) is 16.5 Å². The summed E-state index contributed by atoms with van der Waals surface area (Å²) >= 11 is 0. The maximum atomic E-state index is 14.6. The molecule has 0 aliphatic carbocycles. The second-order valence-corrected chi connectivity index (χ2v) is 13.0. The number of carbonyl (C=O) groups is 4. The van der Waals surface area contributed by atoms with Crippen LogP contribution < -0.4 is 10.6 Å². The maximum absolute atomic E-state index is 14.6. The van der Waals surface area contributed by atoms with E-state index in [0.29, 0.717) is 36.0 Å². The average molecular weight is 664 g/mol. The molecular weight excluding hydrogens is 624 g/mol. The molecule has 13 heteroatoms. The van der Waals surface area contributed by atoms with E-state index >= 15 is 0 Å². The highest BCUT2D eigenvalue weighted by atomic mass is 19.1. The van der Waals surface area contributed by atoms with Crippen molar-refractivity contribution in [2.75, 3.05) is 26.2 Å². The molecule has 0 saturated carbocycles. The highest BCUT2D eigenvalue weighted by Gasteiger charge is 2.40. The molecule has 0 radical (unpaired) electrons. The van der Waals surface area contributed by atoms with Crippen molar-refractivity contribution in [1.82, 2.24) is 25.4 Å². The van der Waals surface area contributed by atoms with Gasteiger partial charge in [-0.2, -0.15) is 0 Å². The van der Waals surface area contributed by atoms with Crippen LogP contribution >= 0.6 is 0 Å². The van der Waals surface area contributed by atoms with E-state index in [0.717, 1.165) is 16.0 Å². The molecule has 1 aromatic heterocycles. The Morgan fingerprint density at radius 2 is 1.88 bits per heavy atom. The third kappa shape index (κ3) is 8.07. The molecule has 1 saturated heterocycles. The first-order valence-corrected chi connectivity index (χ1v) is 15.8. The maximum Gasteiger partial charge on any atom is 0.410 e. The van der Waals surface area contributed by atoms with Gasteiger partial charge in [0.25, 0.3) is 5.91 Å². The number of hydrogen-bond acceptors (Lipinski definition) is 7. The molecule has 11 nitrogen and oxygen atoms in total. The first-order chi connectivity index (χ1) is 22.7. The number of rotatable bonds is 7. The van der Waals surface area contributed by atoms with E-state index in [4.69, 9.17) is 4.74 Å². The number of likely N-dealkylation sites (tertiary alicyclic amines) is 1. The molecule has 0 unspecified atom stereocenters. The largest absolute Gasteiger partial charge is 0.508 e. The van der Waals surface area contributed by atoms with Crippen LogP contribution in [0.4, 0.5) is 13.6 Å². The van der Waals surface area contributed by atoms with Gasteiger partial charge in [-0.3, -0.25) is 14.4 Å². The Kier molecular flexibility index (Phi) is 9.97. The predicted molar refractivity (Wildman–Crippen MR) is 174 cm³/mol. The van der Waals surface area contributed by atoms with E-state index in [1.54, 1.807) is 44.7 Å². The summed E-state index contributed by atoms with van der Waals surface area (Å²) in [7, 11) is 0. The van der Waals surface area contributed by atoms with E-state index in [2.05, 4.69) is 15.6 Å². The second kappa shape index (κ2) is 14.0. The van der Waals surface area contributed by atoms with Gasteiger partial charge >= 0.3 is 6.09 Å². The van der Waals surface area contributed by atoms with Gasteiger partial charge in [-0.1, -0.05) is 18.2 Å². The minimum absolute atomic E-state index is 0.0124. The number of aromatic hydroxyl groups is 1. The normalized spacial score (nSPS) is 18.7. The molecule has 48 heavy (non-hydrogen) atoms. The van der Waals surface area contributed by atoms with Crippen LogP contribution in [0.15, 0.2) is 54.6 Å². The SMILES string of the molecule is C[C@H](NC(=O)[C@@H]1C[C@@H](F)CN1C(=O)CNC(=O)c1ccc2cc(F)ccc2n1)c1cc(C2=CCCN(C(=O)OC(C)(C)C)C2)ccc1O. The molecule has 2 aromatic carbocycles. The summed E-state index contributed by atoms with van der Waals surface area (Å²) in [5.41, 5.74) is 1.79. The smallest absolute Gasteiger partial charge is 0.410 e. The number of pyridine rings is 1. The van der Waals surface area contributed by atoms with Gasteiger partial charge in [-0.25, -0.2) is 18.6 Å². The van der Waals surface area contributed by atoms with E-state index in [1.807, 2.05) is 6.08 Å². The topological polar surface area (TPSA) is 141 Å². The number of hydrogen-bond donors (Lipinski definition) is 3. The number of nitrogens with zero attached hydrogens (tertiary/aromatic N) is 3. The van der Waals surface area contributed by atoms with Gasteiger partial charge in [0.15, 0.2) is 0 Å². The Morgan fingerprint density at radius 1 is 1.10 bits per heavy atom. The molecule has 0 bridgehead atoms. The van der Waals surface area contributed by atoms with Crippen LogP contribution in [-0.4, -0.2) is 87.7 Å². The number of ether oxygens (including phenoxy) is 1. The van der Waals surface area contributed by atoms with Gasteiger partial charge in [-0.05, 0) is 81.7 Å². The fourth-order valence-corrected chi connectivity index (χ4v) is 5.80. The van der Waals surface area contributed by atoms with Crippen molar-refractivity contribution in [3.05, 3.63) is 77.2 Å². The Hall–Kier alpha value is -5.07. The van der Waals surface area contributed by atoms with Crippen LogP contribution in [0.5, 0.6) is 5.75 Å². The molecule has 4 amide bonds. The second-order valence-electron chi connectivity index (χ2n) is 13.0. The molecular formula is C35H39F2N5O6. The van der Waals surface area contributed by atoms with Gasteiger partial charge in [-0.15, -0.1) is 0 Å². The number of fused-ring (bicyclic) bond motifs is 1. The third-order valence-corrected chi connectivity index (χ3v) is 8.18. The van der Waals surface area contributed by atoms with Gasteiger partial charge in [0.05, 0.1) is 24.6 Å². The number of carbonyl (C=O) groups excluding carboxylic acids is 4. The fourth-order valence-electron chi connectivity index (χ4n) is 5.80. The van der Waals surface area contributed by atoms with Crippen LogP contribution in [0.1, 0.15) is 68.2 Å². The number of phenolic OH excluding ortho intramolecular Hbond substituents is 1. The summed E-state index contributed by atoms with van der Waals surface area (Å²) in [6, 6.07) is 10.0. The summed E-state index contributed by atoms with van der Waals surface area (Å²) in [6.07, 6.45) is 0.548. The molecule has 1 fully saturated rings. The minimum atomic E-state index is -1.44. The molecule has 2 aliphatic rings. The molecule has 3 aromatic rings. The Labute approximate surface area is 276 Å². The van der Waals surface area contributed by atoms with Gasteiger partial charge in [0.1, 0.15) is 35.1 Å². The van der Waals surface area contributed by atoms with Crippen LogP contribution in [-0.2, 0) is 14.3 Å². The molecule has 5 rings (SSSR count). The number of aromatic nitrogens is 1. The molecule has 254 valence electrons. The van der Waals surface area contributed by atoms with E-state index in [1.165, 1.54) is 36.4 Å². The van der Waals surface area contributed by atoms with Crippen LogP contribution in [0, 0.1) is 5.82 Å². The quantitative estimate of drug-likeness (QED) is 0.334. The standard InChI is InChI=1S/C35H39F2N5O6/c1-20(26-15-21(8-12-30(26)43)23-6-5-13-41(18-23)34(47)48-35(2,3)4)39-33(46)29-16-25(37)19-42(29)31(44)17-38-32(45)28-10-7-22-14-24(36)9-11-27(22)40-28/h6-12,14-15,20,25,29,43H,5,13,16-19H2,1-4H3,(H,38,45)(H,39,46)/t20-,25+,29-/m0/s1. The number of amides is 4. The van der Waals surface area contributed by atoms with E-state index < -0.39 is 60.0 Å². The average Bonchev–Trinajstić information content (AvgIpc) is 3.44. The first-order valence-electron chi connectivity index (χ1n) is 15.8. The number of nitrogens with one attached hydrogen (secondary N) is 2. The molecule has 0 spiro atoms. The zero-order chi connectivity index (χ0) is 34.7. The predicted octanol–water partition coefficient (Wildman–Crippen LogP) is 4.65. The fraction of sp³-hybridized carbons (Fsp3) is 0.400. The zero-order valence-corrected chi connectivity index (χ0v) is 27.3. The monoisotopic (exact) mass is 663 g/mol. The lowest BCUT2D eigenvalue weighted by Gasteiger charge is -2.30. The van der Waals surface area contributed by atoms with Crippen molar-refractivity contribution < 1.29 is 37.8 Å². The lowest BCUT2D eigenvalue weighted by atomic mass is 9.96. The summed E-state index contributed by atoms with van der Waals surface area (Å²) in [4.78, 5) is 58.7. The minimum Gasteiger partial charge on any atom is -0.508 e. The van der Waals surface area contributed by atoms with Crippen LogP contribution in [0.2, 0.25) is 0 Å². The number of phenols is 1. The van der Waals surface area contributed by atoms with Crippen molar-refractivity contribution in [2.24, 2.45) is 0 Å². The highest BCUT2D eigenvalue weighted by molar-refractivity contribution is 5.97. The van der Waals surface area contributed by atoms with E-state index in [-0.39, 0.29) is 24.4 Å². The Bertz CT molecular complexity index is 1770. The molecule has 3 N–H and O–H groups in total. The zero-order valence-electron chi connectivity index (χ0n) is 27.3. The number of benzene rings is 2. The van der Waals surface area contributed by atoms with Crippen molar-refractivity contribution in [1.29, 1.82) is 0 Å². The van der Waals surface area contributed by atoms with Crippen molar-refractivity contribution >= 4 is 40.3 Å². The lowest BCUT2D eigenvalue weighted by molar-refractivity contribution is -0.138.